The number of thioether (sulfide) groups is 1. The van der Waals surface area contributed by atoms with Crippen molar-refractivity contribution >= 4 is 85.3 Å². The Balaban J connectivity index is 1.53. The van der Waals surface area contributed by atoms with Gasteiger partial charge in [-0.05, 0) is 76.2 Å². The lowest BCUT2D eigenvalue weighted by Crippen LogP contribution is -2.44. The molecule has 11 heteroatoms. The topological polar surface area (TPSA) is 67.9 Å². The fourth-order valence-corrected chi connectivity index (χ4v) is 5.51. The highest BCUT2D eigenvalue weighted by Crippen LogP contribution is 2.40. The van der Waals surface area contributed by atoms with Crippen LogP contribution < -0.4 is 14.9 Å². The van der Waals surface area contributed by atoms with E-state index in [4.69, 9.17) is 44.9 Å². The van der Waals surface area contributed by atoms with Crippen LogP contribution in [0.2, 0.25) is 10.0 Å². The minimum atomic E-state index is -0.433. The molecule has 1 aliphatic rings. The highest BCUT2D eigenvalue weighted by Gasteiger charge is 2.34. The van der Waals surface area contributed by atoms with E-state index in [1.54, 1.807) is 66.7 Å². The third-order valence-electron chi connectivity index (χ3n) is 5.02. The molecule has 36 heavy (non-hydrogen) atoms. The van der Waals surface area contributed by atoms with Crippen LogP contribution in [0, 0.1) is 0 Å². The molecule has 0 spiro atoms. The van der Waals surface area contributed by atoms with E-state index in [-0.39, 0.29) is 10.9 Å². The van der Waals surface area contributed by atoms with Gasteiger partial charge in [0.15, 0.2) is 15.8 Å². The number of hydrogen-bond donors (Lipinski definition) is 1. The summed E-state index contributed by atoms with van der Waals surface area (Å²) in [6, 6.07) is 17.3. The first-order chi connectivity index (χ1) is 17.3. The number of nitrogens with one attached hydrogen (secondary N) is 1. The molecular weight excluding hydrogens is 607 g/mol. The molecule has 0 aromatic heterocycles. The van der Waals surface area contributed by atoms with Crippen LogP contribution in [0.4, 0.5) is 0 Å². The van der Waals surface area contributed by atoms with Gasteiger partial charge in [0.05, 0.1) is 16.5 Å². The van der Waals surface area contributed by atoms with Crippen molar-refractivity contribution in [1.29, 1.82) is 0 Å². The first kappa shape index (κ1) is 26.5. The molecular formula is C25H17BrCl2N2O4S2. The molecule has 6 nitrogen and oxygen atoms in total. The Morgan fingerprint density at radius 2 is 1.83 bits per heavy atom. The van der Waals surface area contributed by atoms with Crippen LogP contribution in [0.15, 0.2) is 70.0 Å². The van der Waals surface area contributed by atoms with Crippen molar-refractivity contribution in [1.82, 2.24) is 10.4 Å². The van der Waals surface area contributed by atoms with Crippen LogP contribution in [-0.4, -0.2) is 28.3 Å². The van der Waals surface area contributed by atoms with Gasteiger partial charge in [-0.2, -0.15) is 5.01 Å². The van der Waals surface area contributed by atoms with Gasteiger partial charge in [-0.15, -0.1) is 0 Å². The quantitative estimate of drug-likeness (QED) is 0.228. The summed E-state index contributed by atoms with van der Waals surface area (Å²) in [4.78, 5) is 25.8. The lowest BCUT2D eigenvalue weighted by Gasteiger charge is -2.16. The molecule has 0 unspecified atom stereocenters. The Labute approximate surface area is 235 Å². The van der Waals surface area contributed by atoms with Gasteiger partial charge < -0.3 is 9.47 Å². The molecule has 0 aliphatic carbocycles. The summed E-state index contributed by atoms with van der Waals surface area (Å²) >= 11 is 22.4. The maximum Gasteiger partial charge on any atom is 0.285 e. The largest absolute Gasteiger partial charge is 0.493 e. The zero-order valence-electron chi connectivity index (χ0n) is 18.6. The summed E-state index contributed by atoms with van der Waals surface area (Å²) in [5, 5.41) is 2.06. The molecule has 0 atom stereocenters. The standard InChI is InChI=1S/C25H17BrCl2N2O4S2/c1-33-20-11-14(10-17(26)22(20)34-13-16-18(27)8-5-9-19(16)28)12-21-24(32)30(25(35)36-21)29-23(31)15-6-3-2-4-7-15/h2-12H,13H2,1H3,(H,29,31)/b21-12-. The number of ether oxygens (including phenoxy) is 2. The highest BCUT2D eigenvalue weighted by molar-refractivity contribution is 9.10. The Morgan fingerprint density at radius 3 is 2.50 bits per heavy atom. The molecule has 4 rings (SSSR count). The lowest BCUT2D eigenvalue weighted by molar-refractivity contribution is -0.123. The number of amides is 2. The van der Waals surface area contributed by atoms with E-state index >= 15 is 0 Å². The van der Waals surface area contributed by atoms with Crippen molar-refractivity contribution in [2.45, 2.75) is 6.61 Å². The van der Waals surface area contributed by atoms with E-state index in [1.165, 1.54) is 7.11 Å². The molecule has 184 valence electrons. The predicted octanol–water partition coefficient (Wildman–Crippen LogP) is 6.89. The van der Waals surface area contributed by atoms with Gasteiger partial charge in [0, 0.05) is 21.2 Å². The predicted molar refractivity (Wildman–Crippen MR) is 150 cm³/mol. The maximum atomic E-state index is 13.0. The van der Waals surface area contributed by atoms with Crippen molar-refractivity contribution in [3.8, 4) is 11.5 Å². The fourth-order valence-electron chi connectivity index (χ4n) is 3.25. The molecule has 1 N–H and O–H groups in total. The van der Waals surface area contributed by atoms with E-state index in [1.807, 2.05) is 0 Å². The Morgan fingerprint density at radius 1 is 1.14 bits per heavy atom. The number of carbonyl (C=O) groups is 2. The number of hydrazine groups is 1. The van der Waals surface area contributed by atoms with E-state index < -0.39 is 11.8 Å². The molecule has 1 saturated heterocycles. The zero-order chi connectivity index (χ0) is 25.8. The van der Waals surface area contributed by atoms with Crippen LogP contribution in [0.5, 0.6) is 11.5 Å². The monoisotopic (exact) mass is 622 g/mol. The van der Waals surface area contributed by atoms with E-state index in [9.17, 15) is 9.59 Å². The van der Waals surface area contributed by atoms with Gasteiger partial charge in [-0.1, -0.05) is 59.2 Å². The second kappa shape index (κ2) is 11.7. The third kappa shape index (κ3) is 5.87. The second-order valence-corrected chi connectivity index (χ2v) is 10.7. The van der Waals surface area contributed by atoms with E-state index in [0.29, 0.717) is 47.6 Å². The summed E-state index contributed by atoms with van der Waals surface area (Å²) in [7, 11) is 1.51. The first-order valence-electron chi connectivity index (χ1n) is 10.4. The molecule has 1 heterocycles. The Bertz CT molecular complexity index is 1370. The Hall–Kier alpha value is -2.56. The van der Waals surface area contributed by atoms with Gasteiger partial charge in [-0.25, -0.2) is 0 Å². The minimum absolute atomic E-state index is 0.132. The fraction of sp³-hybridized carbons (Fsp3) is 0.0800. The zero-order valence-corrected chi connectivity index (χ0v) is 23.3. The van der Waals surface area contributed by atoms with Gasteiger partial charge in [0.25, 0.3) is 11.8 Å². The van der Waals surface area contributed by atoms with Crippen LogP contribution in [0.25, 0.3) is 6.08 Å². The average Bonchev–Trinajstić information content (AvgIpc) is 3.12. The summed E-state index contributed by atoms with van der Waals surface area (Å²) in [5.74, 6) is 0.0238. The van der Waals surface area contributed by atoms with Crippen molar-refractivity contribution in [3.63, 3.8) is 0 Å². The second-order valence-electron chi connectivity index (χ2n) is 7.35. The summed E-state index contributed by atoms with van der Waals surface area (Å²) < 4.78 is 12.3. The lowest BCUT2D eigenvalue weighted by atomic mass is 10.1. The average molecular weight is 624 g/mol. The van der Waals surface area contributed by atoms with Gasteiger partial charge >= 0.3 is 0 Å². The smallest absolute Gasteiger partial charge is 0.285 e. The molecule has 3 aromatic carbocycles. The molecule has 3 aromatic rings. The van der Waals surface area contributed by atoms with Crippen LogP contribution in [-0.2, 0) is 11.4 Å². The number of carbonyl (C=O) groups excluding carboxylic acids is 2. The van der Waals surface area contributed by atoms with Crippen molar-refractivity contribution in [2.75, 3.05) is 7.11 Å². The minimum Gasteiger partial charge on any atom is -0.493 e. The van der Waals surface area contributed by atoms with Crippen molar-refractivity contribution in [3.05, 3.63) is 96.8 Å². The molecule has 0 bridgehead atoms. The third-order valence-corrected chi connectivity index (χ3v) is 7.61. The molecule has 1 fully saturated rings. The van der Waals surface area contributed by atoms with E-state index in [0.717, 1.165) is 16.8 Å². The molecule has 0 radical (unpaired) electrons. The molecule has 0 saturated carbocycles. The van der Waals surface area contributed by atoms with Crippen molar-refractivity contribution < 1.29 is 19.1 Å². The first-order valence-corrected chi connectivity index (χ1v) is 13.1. The summed E-state index contributed by atoms with van der Waals surface area (Å²) in [6.07, 6.45) is 1.66. The maximum absolute atomic E-state index is 13.0. The SMILES string of the molecule is COc1cc(/C=C2\SC(=S)N(NC(=O)c3ccccc3)C2=O)cc(Br)c1OCc1c(Cl)cccc1Cl. The van der Waals surface area contributed by atoms with Crippen LogP contribution in [0.3, 0.4) is 0 Å². The van der Waals surface area contributed by atoms with Gasteiger partial charge in [0.1, 0.15) is 6.61 Å². The van der Waals surface area contributed by atoms with Crippen LogP contribution in [0.1, 0.15) is 21.5 Å². The normalized spacial score (nSPS) is 14.3. The number of benzene rings is 3. The number of nitrogens with zero attached hydrogens (tertiary/aromatic N) is 1. The molecule has 1 aliphatic heterocycles. The number of rotatable bonds is 7. The molecule has 2 amide bonds. The number of halogens is 3. The van der Waals surface area contributed by atoms with Gasteiger partial charge in [-0.3, -0.25) is 15.0 Å². The summed E-state index contributed by atoms with van der Waals surface area (Å²) in [5.41, 5.74) is 4.29. The van der Waals surface area contributed by atoms with Crippen molar-refractivity contribution in [2.24, 2.45) is 0 Å². The number of hydrogen-bond acceptors (Lipinski definition) is 6. The highest BCUT2D eigenvalue weighted by atomic mass is 79.9. The number of thiocarbonyl (C=S) groups is 1. The van der Waals surface area contributed by atoms with E-state index in [2.05, 4.69) is 21.4 Å². The van der Waals surface area contributed by atoms with Crippen LogP contribution >= 0.6 is 63.1 Å². The number of methoxy groups -OCH3 is 1. The summed E-state index contributed by atoms with van der Waals surface area (Å²) in [6.45, 7) is 0.132. The Kier molecular flexibility index (Phi) is 8.58. The van der Waals surface area contributed by atoms with Gasteiger partial charge in [0.2, 0.25) is 0 Å².